The van der Waals surface area contributed by atoms with Crippen molar-refractivity contribution in [1.29, 1.82) is 0 Å². The van der Waals surface area contributed by atoms with Crippen LogP contribution in [0.25, 0.3) is 0 Å². The third-order valence-corrected chi connectivity index (χ3v) is 5.24. The molecule has 19 heavy (non-hydrogen) atoms. The molecule has 1 aliphatic heterocycles. The first-order valence-corrected chi connectivity index (χ1v) is 7.05. The van der Waals surface area contributed by atoms with Crippen molar-refractivity contribution in [2.75, 3.05) is 0 Å². The van der Waals surface area contributed by atoms with Gasteiger partial charge in [0.1, 0.15) is 6.10 Å². The van der Waals surface area contributed by atoms with Gasteiger partial charge >= 0.3 is 5.97 Å². The highest BCUT2D eigenvalue weighted by Crippen LogP contribution is 2.48. The van der Waals surface area contributed by atoms with E-state index in [1.54, 1.807) is 6.08 Å². The summed E-state index contributed by atoms with van der Waals surface area (Å²) in [7, 11) is 0. The maximum Gasteiger partial charge on any atom is 0.309 e. The van der Waals surface area contributed by atoms with Crippen LogP contribution < -0.4 is 0 Å². The summed E-state index contributed by atoms with van der Waals surface area (Å²) in [4.78, 5) is 23.6. The van der Waals surface area contributed by atoms with Gasteiger partial charge in [0.25, 0.3) is 0 Å². The van der Waals surface area contributed by atoms with E-state index >= 15 is 0 Å². The van der Waals surface area contributed by atoms with E-state index in [1.165, 1.54) is 0 Å². The highest BCUT2D eigenvalue weighted by molar-refractivity contribution is 5.95. The number of ketones is 1. The summed E-state index contributed by atoms with van der Waals surface area (Å²) in [6, 6.07) is 0. The first-order chi connectivity index (χ1) is 8.91. The second-order valence-corrected chi connectivity index (χ2v) is 6.33. The van der Waals surface area contributed by atoms with Crippen LogP contribution in [-0.2, 0) is 14.3 Å². The minimum absolute atomic E-state index is 0.0993. The van der Waals surface area contributed by atoms with Crippen molar-refractivity contribution in [3.63, 3.8) is 0 Å². The molecular formula is C15H20O4. The molecule has 1 heterocycles. The van der Waals surface area contributed by atoms with Crippen LogP contribution in [0.3, 0.4) is 0 Å². The summed E-state index contributed by atoms with van der Waals surface area (Å²) < 4.78 is 5.41. The number of ether oxygens (including phenoxy) is 1. The molecule has 0 aromatic carbocycles. The monoisotopic (exact) mass is 264 g/mol. The van der Waals surface area contributed by atoms with Gasteiger partial charge in [-0.05, 0) is 18.4 Å². The number of aliphatic hydroxyl groups excluding tert-OH is 1. The Hall–Kier alpha value is -1.16. The Morgan fingerprint density at radius 1 is 1.21 bits per heavy atom. The number of hydrogen-bond donors (Lipinski definition) is 1. The SMILES string of the molecule is C[C@@H]1C(=O)C=C2[C@H]1[C@@H](O)[C@H]1[C@@H](C[C@@H]2C)OC(=O)[C@@H]1C. The average Bonchev–Trinajstić information content (AvgIpc) is 2.75. The first kappa shape index (κ1) is 12.9. The van der Waals surface area contributed by atoms with Crippen LogP contribution >= 0.6 is 0 Å². The molecule has 0 aromatic rings. The minimum Gasteiger partial charge on any atom is -0.462 e. The predicted molar refractivity (Wildman–Crippen MR) is 68.1 cm³/mol. The van der Waals surface area contributed by atoms with Gasteiger partial charge in [0.05, 0.1) is 12.0 Å². The molecule has 0 spiro atoms. The van der Waals surface area contributed by atoms with E-state index in [2.05, 4.69) is 6.92 Å². The van der Waals surface area contributed by atoms with Gasteiger partial charge in [-0.2, -0.15) is 0 Å². The zero-order valence-corrected chi connectivity index (χ0v) is 11.5. The zero-order chi connectivity index (χ0) is 13.9. The number of allylic oxidation sites excluding steroid dienone is 1. The van der Waals surface area contributed by atoms with Crippen LogP contribution in [0.15, 0.2) is 11.6 Å². The average molecular weight is 264 g/mol. The Morgan fingerprint density at radius 3 is 2.58 bits per heavy atom. The van der Waals surface area contributed by atoms with Crippen LogP contribution in [0.5, 0.6) is 0 Å². The molecule has 0 aromatic heterocycles. The van der Waals surface area contributed by atoms with Gasteiger partial charge in [-0.25, -0.2) is 0 Å². The van der Waals surface area contributed by atoms with Gasteiger partial charge in [-0.3, -0.25) is 9.59 Å². The molecule has 2 fully saturated rings. The van der Waals surface area contributed by atoms with E-state index in [9.17, 15) is 14.7 Å². The summed E-state index contributed by atoms with van der Waals surface area (Å²) in [6.07, 6.45) is 1.54. The molecular weight excluding hydrogens is 244 g/mol. The fourth-order valence-corrected chi connectivity index (χ4v) is 4.08. The molecule has 0 radical (unpaired) electrons. The predicted octanol–water partition coefficient (Wildman–Crippen LogP) is 1.33. The Bertz CT molecular complexity index is 467. The molecule has 104 valence electrons. The van der Waals surface area contributed by atoms with E-state index in [0.29, 0.717) is 6.42 Å². The second kappa shape index (κ2) is 4.17. The maximum absolute atomic E-state index is 11.9. The molecule has 1 saturated carbocycles. The van der Waals surface area contributed by atoms with Crippen molar-refractivity contribution in [1.82, 2.24) is 0 Å². The van der Waals surface area contributed by atoms with Crippen molar-refractivity contribution in [3.8, 4) is 0 Å². The molecule has 0 bridgehead atoms. The standard InChI is InChI=1S/C15H20O4/c1-6-4-11-13(8(3)15(18)19-11)14(17)12-7(2)10(16)5-9(6)12/h5-8,11-14,17H,4H2,1-3H3/t6-,7+,8+,11+,12-,13+,14+/m0/s1. The number of hydrogen-bond acceptors (Lipinski definition) is 4. The number of carbonyl (C=O) groups is 2. The number of rotatable bonds is 0. The number of carbonyl (C=O) groups excluding carboxylic acids is 2. The maximum atomic E-state index is 11.9. The summed E-state index contributed by atoms with van der Waals surface area (Å²) >= 11 is 0. The van der Waals surface area contributed by atoms with Crippen LogP contribution in [-0.4, -0.2) is 29.1 Å². The van der Waals surface area contributed by atoms with E-state index in [-0.39, 0.29) is 47.4 Å². The van der Waals surface area contributed by atoms with E-state index in [1.807, 2.05) is 13.8 Å². The normalized spacial score (nSPS) is 49.3. The molecule has 3 aliphatic rings. The van der Waals surface area contributed by atoms with Crippen molar-refractivity contribution in [3.05, 3.63) is 11.6 Å². The Morgan fingerprint density at radius 2 is 1.89 bits per heavy atom. The molecule has 7 atom stereocenters. The first-order valence-electron chi connectivity index (χ1n) is 7.05. The molecule has 1 N–H and O–H groups in total. The Labute approximate surface area is 112 Å². The lowest BCUT2D eigenvalue weighted by molar-refractivity contribution is -0.144. The summed E-state index contributed by atoms with van der Waals surface area (Å²) in [6.45, 7) is 5.74. The van der Waals surface area contributed by atoms with Crippen LogP contribution in [0.2, 0.25) is 0 Å². The zero-order valence-electron chi connectivity index (χ0n) is 11.5. The molecule has 0 unspecified atom stereocenters. The van der Waals surface area contributed by atoms with Crippen molar-refractivity contribution < 1.29 is 19.4 Å². The van der Waals surface area contributed by atoms with Crippen LogP contribution in [0.4, 0.5) is 0 Å². The lowest BCUT2D eigenvalue weighted by Gasteiger charge is -2.29. The third kappa shape index (κ3) is 1.69. The van der Waals surface area contributed by atoms with Gasteiger partial charge in [0, 0.05) is 17.8 Å². The smallest absolute Gasteiger partial charge is 0.309 e. The highest BCUT2D eigenvalue weighted by atomic mass is 16.6. The third-order valence-electron chi connectivity index (χ3n) is 5.24. The van der Waals surface area contributed by atoms with Crippen LogP contribution in [0.1, 0.15) is 27.2 Å². The van der Waals surface area contributed by atoms with Crippen molar-refractivity contribution in [2.45, 2.75) is 39.4 Å². The van der Waals surface area contributed by atoms with Gasteiger partial charge in [-0.1, -0.05) is 26.3 Å². The van der Waals surface area contributed by atoms with Gasteiger partial charge in [0.15, 0.2) is 5.78 Å². The van der Waals surface area contributed by atoms with E-state index < -0.39 is 6.10 Å². The lowest BCUT2D eigenvalue weighted by Crippen LogP contribution is -2.38. The number of esters is 1. The molecule has 0 amide bonds. The Balaban J connectivity index is 2.01. The molecule has 1 saturated heterocycles. The van der Waals surface area contributed by atoms with Gasteiger partial charge in [-0.15, -0.1) is 0 Å². The van der Waals surface area contributed by atoms with E-state index in [4.69, 9.17) is 4.74 Å². The quantitative estimate of drug-likeness (QED) is 0.670. The van der Waals surface area contributed by atoms with Crippen molar-refractivity contribution >= 4 is 11.8 Å². The molecule has 4 heteroatoms. The fraction of sp³-hybridized carbons (Fsp3) is 0.733. The fourth-order valence-electron chi connectivity index (χ4n) is 4.08. The largest absolute Gasteiger partial charge is 0.462 e. The number of fused-ring (bicyclic) bond motifs is 2. The minimum atomic E-state index is -0.663. The van der Waals surface area contributed by atoms with Crippen molar-refractivity contribution in [2.24, 2.45) is 29.6 Å². The highest BCUT2D eigenvalue weighted by Gasteiger charge is 2.54. The number of aliphatic hydroxyl groups is 1. The summed E-state index contributed by atoms with van der Waals surface area (Å²) in [5.41, 5.74) is 1.04. The van der Waals surface area contributed by atoms with Gasteiger partial charge in [0.2, 0.25) is 0 Å². The Kier molecular flexibility index (Phi) is 2.82. The summed E-state index contributed by atoms with van der Waals surface area (Å²) in [5, 5.41) is 10.7. The molecule has 2 aliphatic carbocycles. The second-order valence-electron chi connectivity index (χ2n) is 6.33. The molecule has 3 rings (SSSR count). The van der Waals surface area contributed by atoms with E-state index in [0.717, 1.165) is 5.57 Å². The van der Waals surface area contributed by atoms with Gasteiger partial charge < -0.3 is 9.84 Å². The topological polar surface area (TPSA) is 63.6 Å². The summed E-state index contributed by atoms with van der Waals surface area (Å²) in [5.74, 6) is -0.730. The lowest BCUT2D eigenvalue weighted by atomic mass is 9.77. The van der Waals surface area contributed by atoms with Crippen LogP contribution in [0, 0.1) is 29.6 Å². The molecule has 4 nitrogen and oxygen atoms in total.